The second-order valence-electron chi connectivity index (χ2n) is 15.1. The van der Waals surface area contributed by atoms with Crippen molar-refractivity contribution in [1.82, 2.24) is 15.0 Å². The minimum atomic E-state index is 0.706. The summed E-state index contributed by atoms with van der Waals surface area (Å²) in [6.45, 7) is 12.9. The number of rotatable bonds is 9. The van der Waals surface area contributed by atoms with Crippen LogP contribution in [0.2, 0.25) is 0 Å². The number of thiophene rings is 1. The lowest BCUT2D eigenvalue weighted by Gasteiger charge is -2.13. The maximum absolute atomic E-state index is 5.52. The van der Waals surface area contributed by atoms with Crippen LogP contribution in [0, 0.1) is 0 Å². The molecule has 0 unspecified atom stereocenters. The topological polar surface area (TPSA) is 51.0 Å². The zero-order chi connectivity index (χ0) is 41.5. The fraction of sp³-hybridized carbons (Fsp3) is 0.0357. The minimum absolute atomic E-state index is 0.706. The molecule has 0 saturated heterocycles. The Morgan fingerprint density at radius 1 is 0.607 bits per heavy atom. The number of hydrogen-bond acceptors (Lipinski definition) is 5. The number of hydrogen-bond donors (Lipinski definition) is 0. The first kappa shape index (κ1) is 37.7. The van der Waals surface area contributed by atoms with Gasteiger partial charge in [-0.3, -0.25) is 9.97 Å². The summed E-state index contributed by atoms with van der Waals surface area (Å²) in [5, 5.41) is 11.1. The number of nitrogens with zero attached hydrogens (tertiary/aromatic N) is 4. The second-order valence-corrected chi connectivity index (χ2v) is 16.2. The summed E-state index contributed by atoms with van der Waals surface area (Å²) >= 11 is 1.83. The molecule has 4 nitrogen and oxygen atoms in total. The van der Waals surface area contributed by atoms with Crippen LogP contribution in [0.15, 0.2) is 212 Å². The molecular formula is C56H40N4S. The largest absolute Gasteiger partial charge is 0.255 e. The Bertz CT molecular complexity index is 3480. The van der Waals surface area contributed by atoms with E-state index >= 15 is 0 Å². The normalized spacial score (nSPS) is 12.8. The molecule has 5 heteroatoms. The summed E-state index contributed by atoms with van der Waals surface area (Å²) in [4.78, 5) is 19.6. The predicted molar refractivity (Wildman–Crippen MR) is 262 cm³/mol. The third kappa shape index (κ3) is 6.95. The van der Waals surface area contributed by atoms with Gasteiger partial charge in [-0.2, -0.15) is 0 Å². The van der Waals surface area contributed by atoms with Crippen LogP contribution in [0.4, 0.5) is 0 Å². The number of fused-ring (bicyclic) bond motifs is 11. The van der Waals surface area contributed by atoms with Crippen LogP contribution in [0.1, 0.15) is 30.8 Å². The SMILES string of the molecule is C=C(/C=C(\N=C(/C)c1ccccn1)c1ccccn1)C(/C=C\C(=C)c1ccc2c(c1)nc(-c1ccc3c4ccccc4c4ccccc4c3c1)c1c3ccccc3sc21)=C/C. The number of aromatic nitrogens is 3. The third-order valence-electron chi connectivity index (χ3n) is 11.4. The van der Waals surface area contributed by atoms with E-state index in [0.29, 0.717) is 5.70 Å². The van der Waals surface area contributed by atoms with Crippen LogP contribution in [0.5, 0.6) is 0 Å². The van der Waals surface area contributed by atoms with Gasteiger partial charge in [-0.1, -0.05) is 135 Å². The van der Waals surface area contributed by atoms with E-state index in [2.05, 4.69) is 151 Å². The zero-order valence-corrected chi connectivity index (χ0v) is 34.7. The van der Waals surface area contributed by atoms with Gasteiger partial charge in [-0.05, 0) is 117 Å². The summed E-state index contributed by atoms with van der Waals surface area (Å²) in [6.07, 6.45) is 11.7. The van der Waals surface area contributed by atoms with Crippen molar-refractivity contribution in [3.63, 3.8) is 0 Å². The highest BCUT2D eigenvalue weighted by Crippen LogP contribution is 2.44. The van der Waals surface area contributed by atoms with E-state index in [0.717, 1.165) is 61.5 Å². The Labute approximate surface area is 358 Å². The molecule has 0 aliphatic heterocycles. The van der Waals surface area contributed by atoms with Gasteiger partial charge >= 0.3 is 0 Å². The molecule has 0 radical (unpaired) electrons. The van der Waals surface area contributed by atoms with Crippen molar-refractivity contribution in [3.05, 3.63) is 224 Å². The lowest BCUT2D eigenvalue weighted by Crippen LogP contribution is -1.99. The highest BCUT2D eigenvalue weighted by Gasteiger charge is 2.18. The predicted octanol–water partition coefficient (Wildman–Crippen LogP) is 15.1. The average molecular weight is 801 g/mol. The van der Waals surface area contributed by atoms with Crippen molar-refractivity contribution in [2.75, 3.05) is 0 Å². The summed E-state index contributed by atoms with van der Waals surface area (Å²) in [6, 6.07) is 51.2. The van der Waals surface area contributed by atoms with Crippen LogP contribution in [-0.4, -0.2) is 20.7 Å². The van der Waals surface area contributed by atoms with Crippen LogP contribution >= 0.6 is 11.3 Å². The third-order valence-corrected chi connectivity index (χ3v) is 12.6. The van der Waals surface area contributed by atoms with Crippen LogP contribution in [0.25, 0.3) is 85.9 Å². The molecule has 4 aromatic heterocycles. The monoisotopic (exact) mass is 800 g/mol. The van der Waals surface area contributed by atoms with Crippen molar-refractivity contribution < 1.29 is 0 Å². The molecule has 0 amide bonds. The molecule has 10 aromatic rings. The first-order chi connectivity index (χ1) is 29.9. The molecule has 0 spiro atoms. The van der Waals surface area contributed by atoms with Gasteiger partial charge in [0.15, 0.2) is 0 Å². The maximum atomic E-state index is 5.52. The molecule has 0 bridgehead atoms. The standard InChI is InChI=1S/C56H40N4S/c1-5-38(36(3)32-52(50-22-13-15-31-58-50)59-37(4)49-21-12-14-30-57-49)25-24-35(2)39-26-29-46-51(34-39)60-55(54-47-20-10-11-23-53(47)61-56(46)54)40-27-28-45-43-18-7-6-16-41(43)42-17-8-9-19-44(42)48(45)33-40/h5-34H,2-3H2,1,4H3/b25-24-,38-5+,52-32-,59-37+. The Morgan fingerprint density at radius 2 is 1.21 bits per heavy atom. The number of aliphatic imine (C=N–C) groups is 1. The maximum Gasteiger partial charge on any atom is 0.0896 e. The van der Waals surface area contributed by atoms with E-state index in [1.807, 2.05) is 67.7 Å². The van der Waals surface area contributed by atoms with Crippen LogP contribution in [-0.2, 0) is 0 Å². The summed E-state index contributed by atoms with van der Waals surface area (Å²) < 4.78 is 2.49. The fourth-order valence-electron chi connectivity index (χ4n) is 8.34. The Hall–Kier alpha value is -7.60. The van der Waals surface area contributed by atoms with Gasteiger partial charge in [0.05, 0.1) is 34.0 Å². The van der Waals surface area contributed by atoms with Crippen LogP contribution < -0.4 is 0 Å². The van der Waals surface area contributed by atoms with Crippen molar-refractivity contribution >= 4 is 91.7 Å². The first-order valence-electron chi connectivity index (χ1n) is 20.4. The lowest BCUT2D eigenvalue weighted by molar-refractivity contribution is 1.24. The Balaban J connectivity index is 1.04. The van der Waals surface area contributed by atoms with Gasteiger partial charge in [0.25, 0.3) is 0 Å². The molecular weight excluding hydrogens is 761 g/mol. The smallest absolute Gasteiger partial charge is 0.0896 e. The van der Waals surface area contributed by atoms with Crippen molar-refractivity contribution in [2.45, 2.75) is 13.8 Å². The molecule has 0 fully saturated rings. The molecule has 4 heterocycles. The number of benzene rings is 6. The van der Waals surface area contributed by atoms with Gasteiger partial charge in [-0.15, -0.1) is 11.3 Å². The number of allylic oxidation sites excluding steroid dienone is 7. The molecule has 0 atom stereocenters. The van der Waals surface area contributed by atoms with Crippen molar-refractivity contribution in [1.29, 1.82) is 0 Å². The Kier molecular flexibility index (Phi) is 9.80. The highest BCUT2D eigenvalue weighted by molar-refractivity contribution is 7.26. The summed E-state index contributed by atoms with van der Waals surface area (Å²) in [5.74, 6) is 0. The summed E-state index contributed by atoms with van der Waals surface area (Å²) in [7, 11) is 0. The fourth-order valence-corrected chi connectivity index (χ4v) is 9.58. The van der Waals surface area contributed by atoms with Gasteiger partial charge in [0.1, 0.15) is 0 Å². The van der Waals surface area contributed by atoms with Gasteiger partial charge in [0.2, 0.25) is 0 Å². The van der Waals surface area contributed by atoms with E-state index in [1.54, 1.807) is 12.4 Å². The van der Waals surface area contributed by atoms with E-state index < -0.39 is 0 Å². The van der Waals surface area contributed by atoms with E-state index in [4.69, 9.17) is 9.98 Å². The highest BCUT2D eigenvalue weighted by atomic mass is 32.1. The quantitative estimate of drug-likeness (QED) is 0.0830. The van der Waals surface area contributed by atoms with E-state index in [1.165, 1.54) is 52.5 Å². The number of pyridine rings is 3. The molecule has 6 aromatic carbocycles. The lowest BCUT2D eigenvalue weighted by atomic mass is 9.92. The van der Waals surface area contributed by atoms with Crippen molar-refractivity contribution in [2.24, 2.45) is 4.99 Å². The molecule has 0 aliphatic carbocycles. The molecule has 61 heavy (non-hydrogen) atoms. The van der Waals surface area contributed by atoms with Gasteiger partial charge < -0.3 is 0 Å². The van der Waals surface area contributed by atoms with Crippen molar-refractivity contribution in [3.8, 4) is 11.3 Å². The molecule has 290 valence electrons. The second kappa shape index (κ2) is 15.9. The van der Waals surface area contributed by atoms with E-state index in [9.17, 15) is 0 Å². The Morgan fingerprint density at radius 3 is 1.89 bits per heavy atom. The average Bonchev–Trinajstić information content (AvgIpc) is 3.71. The van der Waals surface area contributed by atoms with Gasteiger partial charge in [-0.25, -0.2) is 9.98 Å². The first-order valence-corrected chi connectivity index (χ1v) is 21.2. The summed E-state index contributed by atoms with van der Waals surface area (Å²) in [5.41, 5.74) is 9.70. The van der Waals surface area contributed by atoms with Crippen LogP contribution in [0.3, 0.4) is 0 Å². The molecule has 0 aliphatic rings. The molecule has 0 saturated carbocycles. The zero-order valence-electron chi connectivity index (χ0n) is 33.9. The molecule has 0 N–H and O–H groups in total. The van der Waals surface area contributed by atoms with E-state index in [-0.39, 0.29) is 0 Å². The minimum Gasteiger partial charge on any atom is -0.255 e. The van der Waals surface area contributed by atoms with Gasteiger partial charge in [0, 0.05) is 43.5 Å². The molecule has 10 rings (SSSR count).